The molecule has 1 aliphatic heterocycles. The van der Waals surface area contributed by atoms with Crippen molar-refractivity contribution in [3.8, 4) is 22.5 Å². The van der Waals surface area contributed by atoms with Crippen molar-refractivity contribution in [2.45, 2.75) is 13.0 Å². The standard InChI is InChI=1S/C31H29N7O/c39-31(37-17-15-32-16-18-37)25-10-8-23(9-11-25)19-29-34-14-12-28(35-29)27-22-38(21-24-5-2-1-3-6-24)36-30(27)26-7-4-13-33-20-26/h1-14,20,22,32H,15-19,21H2. The molecule has 1 aliphatic rings. The van der Waals surface area contributed by atoms with E-state index < -0.39 is 0 Å². The van der Waals surface area contributed by atoms with Gasteiger partial charge in [-0.25, -0.2) is 9.97 Å². The first-order valence-corrected chi connectivity index (χ1v) is 13.2. The van der Waals surface area contributed by atoms with E-state index in [0.717, 1.165) is 54.3 Å². The van der Waals surface area contributed by atoms with Crippen LogP contribution in [-0.4, -0.2) is 61.7 Å². The number of hydrogen-bond acceptors (Lipinski definition) is 6. The molecular weight excluding hydrogens is 486 g/mol. The molecule has 4 heterocycles. The van der Waals surface area contributed by atoms with Crippen LogP contribution in [0.5, 0.6) is 0 Å². The van der Waals surface area contributed by atoms with Crippen LogP contribution in [0.25, 0.3) is 22.5 Å². The van der Waals surface area contributed by atoms with E-state index in [0.29, 0.717) is 24.4 Å². The van der Waals surface area contributed by atoms with Crippen molar-refractivity contribution < 1.29 is 4.79 Å². The van der Waals surface area contributed by atoms with Gasteiger partial charge in [-0.1, -0.05) is 42.5 Å². The lowest BCUT2D eigenvalue weighted by atomic mass is 10.1. The largest absolute Gasteiger partial charge is 0.336 e. The Bertz CT molecular complexity index is 1540. The average molecular weight is 516 g/mol. The Labute approximate surface area is 227 Å². The van der Waals surface area contributed by atoms with Crippen molar-refractivity contribution >= 4 is 5.91 Å². The highest BCUT2D eigenvalue weighted by molar-refractivity contribution is 5.94. The van der Waals surface area contributed by atoms with Crippen LogP contribution in [-0.2, 0) is 13.0 Å². The Morgan fingerprint density at radius 2 is 1.69 bits per heavy atom. The summed E-state index contributed by atoms with van der Waals surface area (Å²) in [4.78, 5) is 28.4. The molecule has 5 aromatic rings. The summed E-state index contributed by atoms with van der Waals surface area (Å²) in [5.74, 6) is 0.790. The van der Waals surface area contributed by atoms with Crippen molar-refractivity contribution in [3.63, 3.8) is 0 Å². The second kappa shape index (κ2) is 11.4. The molecule has 0 saturated carbocycles. The summed E-state index contributed by atoms with van der Waals surface area (Å²) in [6, 6.07) is 23.9. The Morgan fingerprint density at radius 3 is 2.46 bits per heavy atom. The highest BCUT2D eigenvalue weighted by Crippen LogP contribution is 2.30. The quantitative estimate of drug-likeness (QED) is 0.351. The third kappa shape index (κ3) is 5.76. The van der Waals surface area contributed by atoms with Gasteiger partial charge in [0.15, 0.2) is 0 Å². The van der Waals surface area contributed by atoms with E-state index in [-0.39, 0.29) is 5.91 Å². The maximum Gasteiger partial charge on any atom is 0.253 e. The predicted molar refractivity (Wildman–Crippen MR) is 150 cm³/mol. The number of nitrogens with one attached hydrogen (secondary N) is 1. The molecule has 0 radical (unpaired) electrons. The molecule has 194 valence electrons. The summed E-state index contributed by atoms with van der Waals surface area (Å²) in [6.45, 7) is 3.82. The van der Waals surface area contributed by atoms with Gasteiger partial charge in [0.25, 0.3) is 5.91 Å². The topological polar surface area (TPSA) is 88.8 Å². The molecular formula is C31H29N7O. The molecule has 1 fully saturated rings. The highest BCUT2D eigenvalue weighted by Gasteiger charge is 2.18. The zero-order valence-electron chi connectivity index (χ0n) is 21.6. The Morgan fingerprint density at radius 1 is 0.872 bits per heavy atom. The summed E-state index contributed by atoms with van der Waals surface area (Å²) >= 11 is 0. The Hall–Kier alpha value is -4.69. The van der Waals surface area contributed by atoms with Crippen LogP contribution >= 0.6 is 0 Å². The second-order valence-corrected chi connectivity index (χ2v) is 9.59. The molecule has 39 heavy (non-hydrogen) atoms. The number of carbonyl (C=O) groups excluding carboxylic acids is 1. The van der Waals surface area contributed by atoms with Crippen LogP contribution in [0.1, 0.15) is 27.3 Å². The number of aromatic nitrogens is 5. The SMILES string of the molecule is O=C(c1ccc(Cc2nccc(-c3cn(Cc4ccccc4)nc3-c3cccnc3)n2)cc1)N1CCNCC1. The second-order valence-electron chi connectivity index (χ2n) is 9.59. The van der Waals surface area contributed by atoms with Crippen LogP contribution in [0.4, 0.5) is 0 Å². The zero-order valence-corrected chi connectivity index (χ0v) is 21.6. The number of piperazine rings is 1. The highest BCUT2D eigenvalue weighted by atomic mass is 16.2. The zero-order chi connectivity index (χ0) is 26.4. The minimum Gasteiger partial charge on any atom is -0.336 e. The third-order valence-electron chi connectivity index (χ3n) is 6.83. The van der Waals surface area contributed by atoms with Crippen LogP contribution in [0.3, 0.4) is 0 Å². The molecule has 6 rings (SSSR count). The van der Waals surface area contributed by atoms with E-state index in [9.17, 15) is 4.79 Å². The fraction of sp³-hybridized carbons (Fsp3) is 0.194. The van der Waals surface area contributed by atoms with Gasteiger partial charge in [-0.2, -0.15) is 5.10 Å². The van der Waals surface area contributed by atoms with Gasteiger partial charge in [0.05, 0.1) is 12.2 Å². The van der Waals surface area contributed by atoms with Crippen molar-refractivity contribution in [3.05, 3.63) is 120 Å². The predicted octanol–water partition coefficient (Wildman–Crippen LogP) is 4.09. The van der Waals surface area contributed by atoms with Gasteiger partial charge in [0.2, 0.25) is 0 Å². The molecule has 8 heteroatoms. The number of rotatable bonds is 7. The average Bonchev–Trinajstić information content (AvgIpc) is 3.42. The van der Waals surface area contributed by atoms with Crippen LogP contribution in [0.2, 0.25) is 0 Å². The maximum atomic E-state index is 12.8. The van der Waals surface area contributed by atoms with E-state index in [4.69, 9.17) is 10.1 Å². The van der Waals surface area contributed by atoms with E-state index in [1.54, 1.807) is 12.4 Å². The lowest BCUT2D eigenvalue weighted by Crippen LogP contribution is -2.46. The molecule has 8 nitrogen and oxygen atoms in total. The normalized spacial score (nSPS) is 13.4. The Kier molecular flexibility index (Phi) is 7.18. The molecule has 0 bridgehead atoms. The van der Waals surface area contributed by atoms with Gasteiger partial charge in [-0.05, 0) is 41.5 Å². The summed E-state index contributed by atoms with van der Waals surface area (Å²) in [5, 5.41) is 8.19. The molecule has 2 aromatic carbocycles. The van der Waals surface area contributed by atoms with Crippen LogP contribution in [0, 0.1) is 0 Å². The summed E-state index contributed by atoms with van der Waals surface area (Å²) in [7, 11) is 0. The summed E-state index contributed by atoms with van der Waals surface area (Å²) in [6.07, 6.45) is 7.98. The lowest BCUT2D eigenvalue weighted by Gasteiger charge is -2.27. The first-order valence-electron chi connectivity index (χ1n) is 13.2. The third-order valence-corrected chi connectivity index (χ3v) is 6.83. The minimum absolute atomic E-state index is 0.0803. The fourth-order valence-electron chi connectivity index (χ4n) is 4.81. The van der Waals surface area contributed by atoms with E-state index in [1.165, 1.54) is 5.56 Å². The van der Waals surface area contributed by atoms with Crippen LogP contribution < -0.4 is 5.32 Å². The summed E-state index contributed by atoms with van der Waals surface area (Å²) < 4.78 is 1.95. The maximum absolute atomic E-state index is 12.8. The molecule has 1 saturated heterocycles. The molecule has 0 atom stereocenters. The van der Waals surface area contributed by atoms with Gasteiger partial charge in [0, 0.05) is 74.1 Å². The number of pyridine rings is 1. The summed E-state index contributed by atoms with van der Waals surface area (Å²) in [5.41, 5.74) is 6.44. The number of nitrogens with zero attached hydrogens (tertiary/aromatic N) is 6. The molecule has 0 unspecified atom stereocenters. The van der Waals surface area contributed by atoms with E-state index >= 15 is 0 Å². The number of carbonyl (C=O) groups is 1. The monoisotopic (exact) mass is 515 g/mol. The van der Waals surface area contributed by atoms with Gasteiger partial charge in [-0.15, -0.1) is 0 Å². The molecule has 3 aromatic heterocycles. The molecule has 1 N–H and O–H groups in total. The minimum atomic E-state index is 0.0803. The van der Waals surface area contributed by atoms with Crippen molar-refractivity contribution in [2.24, 2.45) is 0 Å². The van der Waals surface area contributed by atoms with Gasteiger partial charge in [-0.3, -0.25) is 14.5 Å². The van der Waals surface area contributed by atoms with Crippen molar-refractivity contribution in [1.82, 2.24) is 34.9 Å². The van der Waals surface area contributed by atoms with Gasteiger partial charge >= 0.3 is 0 Å². The number of hydrogen-bond donors (Lipinski definition) is 1. The van der Waals surface area contributed by atoms with Gasteiger partial charge < -0.3 is 10.2 Å². The number of amides is 1. The molecule has 0 spiro atoms. The van der Waals surface area contributed by atoms with Crippen molar-refractivity contribution in [2.75, 3.05) is 26.2 Å². The number of benzene rings is 2. The first-order chi connectivity index (χ1) is 19.2. The lowest BCUT2D eigenvalue weighted by molar-refractivity contribution is 0.0736. The smallest absolute Gasteiger partial charge is 0.253 e. The molecule has 0 aliphatic carbocycles. The molecule has 1 amide bonds. The van der Waals surface area contributed by atoms with Gasteiger partial charge in [0.1, 0.15) is 11.5 Å². The fourth-order valence-corrected chi connectivity index (χ4v) is 4.81. The van der Waals surface area contributed by atoms with E-state index in [2.05, 4.69) is 27.4 Å². The first kappa shape index (κ1) is 24.6. The van der Waals surface area contributed by atoms with Crippen molar-refractivity contribution in [1.29, 1.82) is 0 Å². The van der Waals surface area contributed by atoms with E-state index in [1.807, 2.05) is 82.6 Å². The van der Waals surface area contributed by atoms with Crippen LogP contribution in [0.15, 0.2) is 97.6 Å². The Balaban J connectivity index is 1.25.